The zero-order chi connectivity index (χ0) is 14.3. The van der Waals surface area contributed by atoms with E-state index in [1.165, 1.54) is 11.0 Å². The molecule has 1 aromatic rings. The molecule has 0 aliphatic rings. The Bertz CT molecular complexity index is 451. The summed E-state index contributed by atoms with van der Waals surface area (Å²) in [7, 11) is 3.15. The molecule has 104 valence electrons. The number of rotatable bonds is 4. The molecule has 1 rings (SSSR count). The van der Waals surface area contributed by atoms with Gasteiger partial charge in [-0.15, -0.1) is 11.6 Å². The number of ether oxygens (including phenoxy) is 2. The normalized spacial score (nSPS) is 9.63. The van der Waals surface area contributed by atoms with E-state index in [4.69, 9.17) is 21.1 Å². The fraction of sp³-hybridized carbons (Fsp3) is 0.333. The van der Waals surface area contributed by atoms with Gasteiger partial charge < -0.3 is 14.4 Å². The largest absolute Gasteiger partial charge is 0.448 e. The molecule has 1 N–H and O–H groups in total. The molecule has 19 heavy (non-hydrogen) atoms. The van der Waals surface area contributed by atoms with Crippen molar-refractivity contribution in [3.05, 3.63) is 24.3 Å². The number of hydrogen-bond donors (Lipinski definition) is 1. The van der Waals surface area contributed by atoms with E-state index in [0.29, 0.717) is 11.4 Å². The molecular formula is C12H15ClN2O4. The predicted molar refractivity (Wildman–Crippen MR) is 71.8 cm³/mol. The molecule has 0 saturated carbocycles. The maximum Gasteiger partial charge on any atom is 0.414 e. The van der Waals surface area contributed by atoms with Crippen LogP contribution in [0.2, 0.25) is 0 Å². The second kappa shape index (κ2) is 7.48. The lowest BCUT2D eigenvalue weighted by molar-refractivity contribution is 0.168. The fourth-order valence-corrected chi connectivity index (χ4v) is 1.19. The van der Waals surface area contributed by atoms with Crippen LogP contribution in [-0.4, -0.2) is 43.7 Å². The lowest BCUT2D eigenvalue weighted by Gasteiger charge is -2.11. The number of nitrogens with one attached hydrogen (secondary N) is 1. The first kappa shape index (κ1) is 15.1. The Hall–Kier alpha value is -1.95. The van der Waals surface area contributed by atoms with Gasteiger partial charge in [-0.2, -0.15) is 0 Å². The third kappa shape index (κ3) is 5.48. The zero-order valence-electron chi connectivity index (χ0n) is 10.7. The standard InChI is InChI=1S/C12H15ClN2O4/c1-15(2)12(17)19-10-5-3-4-9(8-10)14-11(16)18-7-6-13/h3-5,8H,6-7H2,1-2H3,(H,14,16). The highest BCUT2D eigenvalue weighted by atomic mass is 35.5. The van der Waals surface area contributed by atoms with Crippen molar-refractivity contribution in [2.24, 2.45) is 0 Å². The summed E-state index contributed by atoms with van der Waals surface area (Å²) in [6.45, 7) is 0.128. The van der Waals surface area contributed by atoms with E-state index in [0.717, 1.165) is 0 Å². The second-order valence-corrected chi connectivity index (χ2v) is 4.12. The smallest absolute Gasteiger partial charge is 0.414 e. The van der Waals surface area contributed by atoms with Crippen LogP contribution in [0.1, 0.15) is 0 Å². The van der Waals surface area contributed by atoms with Crippen molar-refractivity contribution in [2.45, 2.75) is 0 Å². The van der Waals surface area contributed by atoms with E-state index in [9.17, 15) is 9.59 Å². The van der Waals surface area contributed by atoms with E-state index in [2.05, 4.69) is 5.32 Å². The van der Waals surface area contributed by atoms with Gasteiger partial charge in [0.15, 0.2) is 0 Å². The van der Waals surface area contributed by atoms with Crippen LogP contribution in [0.4, 0.5) is 15.3 Å². The van der Waals surface area contributed by atoms with Crippen LogP contribution in [0.3, 0.4) is 0 Å². The summed E-state index contributed by atoms with van der Waals surface area (Å²) in [5, 5.41) is 2.49. The van der Waals surface area contributed by atoms with Gasteiger partial charge in [0.05, 0.1) is 5.88 Å². The predicted octanol–water partition coefficient (Wildman–Crippen LogP) is 2.53. The molecule has 0 radical (unpaired) electrons. The second-order valence-electron chi connectivity index (χ2n) is 3.74. The van der Waals surface area contributed by atoms with Crippen molar-refractivity contribution in [3.63, 3.8) is 0 Å². The highest BCUT2D eigenvalue weighted by Gasteiger charge is 2.08. The SMILES string of the molecule is CN(C)C(=O)Oc1cccc(NC(=O)OCCCl)c1. The lowest BCUT2D eigenvalue weighted by Crippen LogP contribution is -2.25. The Morgan fingerprint density at radius 2 is 2.11 bits per heavy atom. The molecule has 1 aromatic carbocycles. The first-order valence-electron chi connectivity index (χ1n) is 5.52. The first-order chi connectivity index (χ1) is 9.02. The van der Waals surface area contributed by atoms with Crippen LogP contribution in [0.5, 0.6) is 5.75 Å². The average molecular weight is 287 g/mol. The Morgan fingerprint density at radius 3 is 2.74 bits per heavy atom. The molecule has 0 saturated heterocycles. The summed E-state index contributed by atoms with van der Waals surface area (Å²) in [5.41, 5.74) is 0.462. The van der Waals surface area contributed by atoms with Crippen molar-refractivity contribution >= 4 is 29.5 Å². The molecule has 0 aliphatic carbocycles. The highest BCUT2D eigenvalue weighted by molar-refractivity contribution is 6.18. The molecule has 0 aliphatic heterocycles. The Balaban J connectivity index is 2.61. The van der Waals surface area contributed by atoms with Gasteiger partial charge in [0.25, 0.3) is 0 Å². The summed E-state index contributed by atoms with van der Waals surface area (Å²) < 4.78 is 9.81. The van der Waals surface area contributed by atoms with Crippen LogP contribution in [-0.2, 0) is 4.74 Å². The third-order valence-electron chi connectivity index (χ3n) is 1.96. The van der Waals surface area contributed by atoms with Crippen LogP contribution >= 0.6 is 11.6 Å². The molecule has 0 spiro atoms. The maximum atomic E-state index is 11.4. The minimum absolute atomic E-state index is 0.128. The maximum absolute atomic E-state index is 11.4. The number of halogens is 1. The van der Waals surface area contributed by atoms with Gasteiger partial charge >= 0.3 is 12.2 Å². The van der Waals surface area contributed by atoms with E-state index >= 15 is 0 Å². The number of benzene rings is 1. The summed E-state index contributed by atoms with van der Waals surface area (Å²) >= 11 is 5.39. The Labute approximate surface area is 116 Å². The minimum Gasteiger partial charge on any atom is -0.448 e. The van der Waals surface area contributed by atoms with Gasteiger partial charge in [-0.1, -0.05) is 6.07 Å². The van der Waals surface area contributed by atoms with Gasteiger partial charge in [-0.3, -0.25) is 5.32 Å². The van der Waals surface area contributed by atoms with Gasteiger partial charge in [0.1, 0.15) is 12.4 Å². The lowest BCUT2D eigenvalue weighted by atomic mass is 10.3. The first-order valence-corrected chi connectivity index (χ1v) is 6.05. The fourth-order valence-electron chi connectivity index (χ4n) is 1.11. The van der Waals surface area contributed by atoms with Crippen molar-refractivity contribution in [1.82, 2.24) is 4.90 Å². The minimum atomic E-state index is -0.614. The average Bonchev–Trinajstić information content (AvgIpc) is 2.36. The van der Waals surface area contributed by atoms with Crippen molar-refractivity contribution in [2.75, 3.05) is 31.9 Å². The summed E-state index contributed by atoms with van der Waals surface area (Å²) in [5.74, 6) is 0.558. The van der Waals surface area contributed by atoms with E-state index < -0.39 is 12.2 Å². The van der Waals surface area contributed by atoms with Crippen LogP contribution < -0.4 is 10.1 Å². The van der Waals surface area contributed by atoms with Crippen LogP contribution in [0.25, 0.3) is 0 Å². The highest BCUT2D eigenvalue weighted by Crippen LogP contribution is 2.18. The monoisotopic (exact) mass is 286 g/mol. The number of carbonyl (C=O) groups excluding carboxylic acids is 2. The molecule has 0 fully saturated rings. The quantitative estimate of drug-likeness (QED) is 0.864. The van der Waals surface area contributed by atoms with Gasteiger partial charge in [0, 0.05) is 25.8 Å². The molecular weight excluding hydrogens is 272 g/mol. The summed E-state index contributed by atoms with van der Waals surface area (Å²) in [6, 6.07) is 6.42. The molecule has 0 unspecified atom stereocenters. The number of carbonyl (C=O) groups is 2. The molecule has 0 heterocycles. The molecule has 7 heteroatoms. The molecule has 2 amide bonds. The van der Waals surface area contributed by atoms with Gasteiger partial charge in [0.2, 0.25) is 0 Å². The number of nitrogens with zero attached hydrogens (tertiary/aromatic N) is 1. The van der Waals surface area contributed by atoms with Crippen molar-refractivity contribution in [1.29, 1.82) is 0 Å². The van der Waals surface area contributed by atoms with Gasteiger partial charge in [-0.25, -0.2) is 9.59 Å². The van der Waals surface area contributed by atoms with Gasteiger partial charge in [-0.05, 0) is 12.1 Å². The Morgan fingerprint density at radius 1 is 1.37 bits per heavy atom. The van der Waals surface area contributed by atoms with E-state index in [-0.39, 0.29) is 12.5 Å². The zero-order valence-corrected chi connectivity index (χ0v) is 11.4. The number of hydrogen-bond acceptors (Lipinski definition) is 4. The van der Waals surface area contributed by atoms with Crippen molar-refractivity contribution < 1.29 is 19.1 Å². The summed E-state index contributed by atoms with van der Waals surface area (Å²) in [6.07, 6.45) is -1.11. The number of amides is 2. The van der Waals surface area contributed by atoms with E-state index in [1.54, 1.807) is 32.3 Å². The molecule has 0 bridgehead atoms. The number of alkyl halides is 1. The third-order valence-corrected chi connectivity index (χ3v) is 2.12. The van der Waals surface area contributed by atoms with E-state index in [1.807, 2.05) is 0 Å². The van der Waals surface area contributed by atoms with Crippen LogP contribution in [0, 0.1) is 0 Å². The Kier molecular flexibility index (Phi) is 5.95. The summed E-state index contributed by atoms with van der Waals surface area (Å²) in [4.78, 5) is 24.0. The molecule has 6 nitrogen and oxygen atoms in total. The molecule has 0 atom stereocenters. The molecule has 0 aromatic heterocycles. The van der Waals surface area contributed by atoms with Crippen LogP contribution in [0.15, 0.2) is 24.3 Å². The number of anilines is 1. The van der Waals surface area contributed by atoms with Crippen molar-refractivity contribution in [3.8, 4) is 5.75 Å². The topological polar surface area (TPSA) is 67.9 Å².